The van der Waals surface area contributed by atoms with E-state index in [1.54, 1.807) is 0 Å². The molecule has 0 aliphatic carbocycles. The van der Waals surface area contributed by atoms with Crippen molar-refractivity contribution >= 4 is 23.2 Å². The van der Waals surface area contributed by atoms with Gasteiger partial charge in [-0.25, -0.2) is 0 Å². The fourth-order valence-corrected chi connectivity index (χ4v) is 4.33. The van der Waals surface area contributed by atoms with Crippen LogP contribution in [0.2, 0.25) is 10.0 Å². The zero-order valence-corrected chi connectivity index (χ0v) is 14.1. The summed E-state index contributed by atoms with van der Waals surface area (Å²) in [6.45, 7) is 5.77. The third-order valence-electron chi connectivity index (χ3n) is 5.22. The maximum atomic E-state index is 6.37. The summed E-state index contributed by atoms with van der Waals surface area (Å²) in [5.74, 6) is 0.853. The molecular formula is C17H24Cl2N2. The molecule has 0 bridgehead atoms. The lowest BCUT2D eigenvalue weighted by Crippen LogP contribution is -2.41. The molecule has 0 saturated carbocycles. The smallest absolute Gasteiger partial charge is 0.0640 e. The molecule has 1 aromatic rings. The molecule has 0 radical (unpaired) electrons. The monoisotopic (exact) mass is 326 g/mol. The van der Waals surface area contributed by atoms with Crippen LogP contribution in [0.15, 0.2) is 18.2 Å². The van der Waals surface area contributed by atoms with Crippen LogP contribution in [-0.4, -0.2) is 30.6 Å². The van der Waals surface area contributed by atoms with Gasteiger partial charge in [0.15, 0.2) is 0 Å². The van der Waals surface area contributed by atoms with Crippen molar-refractivity contribution in [1.82, 2.24) is 10.2 Å². The Balaban J connectivity index is 1.62. The summed E-state index contributed by atoms with van der Waals surface area (Å²) in [5, 5.41) is 5.03. The molecule has 0 amide bonds. The van der Waals surface area contributed by atoms with Gasteiger partial charge in [0.25, 0.3) is 0 Å². The second-order valence-electron chi connectivity index (χ2n) is 6.40. The Hall–Kier alpha value is -0.280. The third kappa shape index (κ3) is 3.39. The van der Waals surface area contributed by atoms with Crippen molar-refractivity contribution in [1.29, 1.82) is 0 Å². The predicted molar refractivity (Wildman–Crippen MR) is 90.2 cm³/mol. The van der Waals surface area contributed by atoms with Gasteiger partial charge < -0.3 is 5.32 Å². The second-order valence-corrected chi connectivity index (χ2v) is 7.18. The Kier molecular flexibility index (Phi) is 5.11. The number of halogens is 2. The van der Waals surface area contributed by atoms with Crippen LogP contribution in [0.4, 0.5) is 0 Å². The van der Waals surface area contributed by atoms with E-state index in [0.29, 0.717) is 16.1 Å². The van der Waals surface area contributed by atoms with Crippen molar-refractivity contribution in [3.05, 3.63) is 33.8 Å². The maximum Gasteiger partial charge on any atom is 0.0640 e. The fraction of sp³-hybridized carbons (Fsp3) is 0.647. The van der Waals surface area contributed by atoms with Gasteiger partial charge in [-0.1, -0.05) is 35.3 Å². The zero-order valence-electron chi connectivity index (χ0n) is 12.6. The highest BCUT2D eigenvalue weighted by atomic mass is 35.5. The van der Waals surface area contributed by atoms with E-state index in [-0.39, 0.29) is 0 Å². The number of benzene rings is 1. The molecular weight excluding hydrogens is 303 g/mol. The third-order valence-corrected chi connectivity index (χ3v) is 6.05. The first-order valence-electron chi connectivity index (χ1n) is 8.08. The SMILES string of the molecule is CC(c1cccc(Cl)c1Cl)N1CCC(C2CCCN2)CC1. The number of piperidine rings is 1. The number of nitrogens with zero attached hydrogens (tertiary/aromatic N) is 1. The zero-order chi connectivity index (χ0) is 14.8. The molecule has 2 atom stereocenters. The lowest BCUT2D eigenvalue weighted by molar-refractivity contribution is 0.126. The Labute approximate surface area is 137 Å². The van der Waals surface area contributed by atoms with Crippen molar-refractivity contribution in [2.75, 3.05) is 19.6 Å². The molecule has 2 aliphatic heterocycles. The van der Waals surface area contributed by atoms with Crippen molar-refractivity contribution in [2.24, 2.45) is 5.92 Å². The van der Waals surface area contributed by atoms with Crippen molar-refractivity contribution in [2.45, 2.75) is 44.7 Å². The van der Waals surface area contributed by atoms with Gasteiger partial charge in [-0.3, -0.25) is 4.90 Å². The van der Waals surface area contributed by atoms with Crippen LogP contribution < -0.4 is 5.32 Å². The molecule has 4 heteroatoms. The molecule has 2 nitrogen and oxygen atoms in total. The Morgan fingerprint density at radius 3 is 2.62 bits per heavy atom. The first-order chi connectivity index (χ1) is 10.2. The first-order valence-corrected chi connectivity index (χ1v) is 8.83. The quantitative estimate of drug-likeness (QED) is 0.878. The summed E-state index contributed by atoms with van der Waals surface area (Å²) >= 11 is 12.5. The molecule has 21 heavy (non-hydrogen) atoms. The van der Waals surface area contributed by atoms with Gasteiger partial charge >= 0.3 is 0 Å². The van der Waals surface area contributed by atoms with Crippen molar-refractivity contribution < 1.29 is 0 Å². The molecule has 2 unspecified atom stereocenters. The van der Waals surface area contributed by atoms with Crippen LogP contribution >= 0.6 is 23.2 Å². The van der Waals surface area contributed by atoms with E-state index in [4.69, 9.17) is 23.2 Å². The Morgan fingerprint density at radius 2 is 1.95 bits per heavy atom. The number of hydrogen-bond acceptors (Lipinski definition) is 2. The van der Waals surface area contributed by atoms with E-state index in [0.717, 1.165) is 30.6 Å². The highest BCUT2D eigenvalue weighted by Gasteiger charge is 2.30. The molecule has 2 fully saturated rings. The van der Waals surface area contributed by atoms with Gasteiger partial charge in [0.1, 0.15) is 0 Å². The standard InChI is InChI=1S/C17H24Cl2N2/c1-12(14-4-2-5-15(18)17(14)19)21-10-7-13(8-11-21)16-6-3-9-20-16/h2,4-5,12-13,16,20H,3,6-11H2,1H3. The number of nitrogens with one attached hydrogen (secondary N) is 1. The van der Waals surface area contributed by atoms with Gasteiger partial charge in [-0.2, -0.15) is 0 Å². The van der Waals surface area contributed by atoms with Crippen molar-refractivity contribution in [3.8, 4) is 0 Å². The fourth-order valence-electron chi connectivity index (χ4n) is 3.86. The minimum absolute atomic E-state index is 0.341. The van der Waals surface area contributed by atoms with E-state index in [1.807, 2.05) is 12.1 Å². The average molecular weight is 327 g/mol. The number of likely N-dealkylation sites (tertiary alicyclic amines) is 1. The van der Waals surface area contributed by atoms with Crippen LogP contribution in [0.25, 0.3) is 0 Å². The second kappa shape index (κ2) is 6.87. The summed E-state index contributed by atoms with van der Waals surface area (Å²) < 4.78 is 0. The largest absolute Gasteiger partial charge is 0.314 e. The average Bonchev–Trinajstić information content (AvgIpc) is 3.04. The van der Waals surface area contributed by atoms with E-state index in [1.165, 1.54) is 32.2 Å². The Bertz CT molecular complexity index is 478. The van der Waals surface area contributed by atoms with E-state index < -0.39 is 0 Å². The normalized spacial score (nSPS) is 26.1. The number of hydrogen-bond donors (Lipinski definition) is 1. The molecule has 2 aliphatic rings. The minimum atomic E-state index is 0.341. The lowest BCUT2D eigenvalue weighted by Gasteiger charge is -2.38. The van der Waals surface area contributed by atoms with Crippen molar-refractivity contribution in [3.63, 3.8) is 0 Å². The topological polar surface area (TPSA) is 15.3 Å². The van der Waals surface area contributed by atoms with Gasteiger partial charge in [0, 0.05) is 12.1 Å². The molecule has 3 rings (SSSR count). The Morgan fingerprint density at radius 1 is 1.19 bits per heavy atom. The summed E-state index contributed by atoms with van der Waals surface area (Å²) in [4.78, 5) is 2.54. The van der Waals surface area contributed by atoms with E-state index in [2.05, 4.69) is 23.2 Å². The molecule has 0 spiro atoms. The first kappa shape index (κ1) is 15.6. The molecule has 116 valence electrons. The van der Waals surface area contributed by atoms with Gasteiger partial charge in [0.05, 0.1) is 10.0 Å². The van der Waals surface area contributed by atoms with Crippen LogP contribution in [0.1, 0.15) is 44.2 Å². The predicted octanol–water partition coefficient (Wildman–Crippen LogP) is 4.52. The van der Waals surface area contributed by atoms with Gasteiger partial charge in [0.2, 0.25) is 0 Å². The van der Waals surface area contributed by atoms with Gasteiger partial charge in [-0.05, 0) is 69.8 Å². The molecule has 2 heterocycles. The highest BCUT2D eigenvalue weighted by Crippen LogP contribution is 2.35. The van der Waals surface area contributed by atoms with E-state index in [9.17, 15) is 0 Å². The van der Waals surface area contributed by atoms with Crippen LogP contribution in [0.5, 0.6) is 0 Å². The summed E-state index contributed by atoms with van der Waals surface area (Å²) in [5.41, 5.74) is 1.15. The minimum Gasteiger partial charge on any atom is -0.314 e. The molecule has 2 saturated heterocycles. The van der Waals surface area contributed by atoms with Crippen LogP contribution in [0.3, 0.4) is 0 Å². The van der Waals surface area contributed by atoms with Crippen LogP contribution in [-0.2, 0) is 0 Å². The molecule has 0 aromatic heterocycles. The molecule has 1 N–H and O–H groups in total. The molecule has 1 aromatic carbocycles. The van der Waals surface area contributed by atoms with Crippen LogP contribution in [0, 0.1) is 5.92 Å². The summed E-state index contributed by atoms with van der Waals surface area (Å²) in [6.07, 6.45) is 5.29. The van der Waals surface area contributed by atoms with E-state index >= 15 is 0 Å². The van der Waals surface area contributed by atoms with Gasteiger partial charge in [-0.15, -0.1) is 0 Å². The summed E-state index contributed by atoms with van der Waals surface area (Å²) in [7, 11) is 0. The number of rotatable bonds is 3. The summed E-state index contributed by atoms with van der Waals surface area (Å²) in [6, 6.07) is 7.06. The lowest BCUT2D eigenvalue weighted by atomic mass is 9.87. The highest BCUT2D eigenvalue weighted by molar-refractivity contribution is 6.42. The maximum absolute atomic E-state index is 6.37.